The second-order valence-electron chi connectivity index (χ2n) is 13.9. The van der Waals surface area contributed by atoms with E-state index < -0.39 is 18.2 Å². The Hall–Kier alpha value is -0.910. The van der Waals surface area contributed by atoms with Crippen LogP contribution in [-0.4, -0.2) is 46.1 Å². The number of nitrogens with one attached hydrogen (secondary N) is 1. The van der Waals surface area contributed by atoms with Crippen LogP contribution in [-0.2, 0) is 4.79 Å². The largest absolute Gasteiger partial charge is 0.394 e. The zero-order valence-corrected chi connectivity index (χ0v) is 30.3. The molecule has 1 amide bonds. The van der Waals surface area contributed by atoms with Crippen LogP contribution in [0.1, 0.15) is 213 Å². The lowest BCUT2D eigenvalue weighted by molar-refractivity contribution is -0.124. The maximum absolute atomic E-state index is 12.4. The van der Waals surface area contributed by atoms with E-state index in [2.05, 4.69) is 19.2 Å². The molecule has 0 fully saturated rings. The molecule has 0 saturated heterocycles. The van der Waals surface area contributed by atoms with Crippen molar-refractivity contribution >= 4 is 5.91 Å². The standard InChI is InChI=1S/C40H79NO4/c1-3-5-7-9-11-13-15-17-18-19-20-21-22-24-26-28-30-32-34-39(44)38(36-42)41-40(45)35-37(43)33-31-29-27-25-23-16-14-12-10-8-6-4-2/h32,34,37-39,42-44H,3-31,33,35-36H2,1-2H3,(H,41,45)/b34-32+. The van der Waals surface area contributed by atoms with Crippen molar-refractivity contribution in [1.82, 2.24) is 5.32 Å². The zero-order chi connectivity index (χ0) is 33.1. The number of aliphatic hydroxyl groups excluding tert-OH is 3. The van der Waals surface area contributed by atoms with Gasteiger partial charge in [-0.3, -0.25) is 4.79 Å². The Morgan fingerprint density at radius 3 is 1.29 bits per heavy atom. The van der Waals surface area contributed by atoms with Crippen molar-refractivity contribution in [1.29, 1.82) is 0 Å². The number of amides is 1. The van der Waals surface area contributed by atoms with Gasteiger partial charge in [0.1, 0.15) is 0 Å². The lowest BCUT2D eigenvalue weighted by atomic mass is 10.0. The first-order valence-electron chi connectivity index (χ1n) is 20.0. The fourth-order valence-corrected chi connectivity index (χ4v) is 6.22. The molecule has 45 heavy (non-hydrogen) atoms. The van der Waals surface area contributed by atoms with Crippen LogP contribution < -0.4 is 5.32 Å². The molecule has 268 valence electrons. The van der Waals surface area contributed by atoms with Gasteiger partial charge in [-0.2, -0.15) is 0 Å². The summed E-state index contributed by atoms with van der Waals surface area (Å²) < 4.78 is 0. The molecule has 4 N–H and O–H groups in total. The van der Waals surface area contributed by atoms with Gasteiger partial charge in [-0.15, -0.1) is 0 Å². The number of aliphatic hydroxyl groups is 3. The summed E-state index contributed by atoms with van der Waals surface area (Å²) in [6.45, 7) is 4.21. The second-order valence-corrected chi connectivity index (χ2v) is 13.9. The van der Waals surface area contributed by atoms with Gasteiger partial charge in [-0.25, -0.2) is 0 Å². The first kappa shape index (κ1) is 44.1. The van der Waals surface area contributed by atoms with Crippen LogP contribution in [0.2, 0.25) is 0 Å². The number of rotatable bonds is 36. The number of allylic oxidation sites excluding steroid dienone is 1. The van der Waals surface area contributed by atoms with Gasteiger partial charge in [-0.1, -0.05) is 199 Å². The minimum Gasteiger partial charge on any atom is -0.394 e. The van der Waals surface area contributed by atoms with Gasteiger partial charge in [0, 0.05) is 0 Å². The average Bonchev–Trinajstić information content (AvgIpc) is 3.03. The summed E-state index contributed by atoms with van der Waals surface area (Å²) >= 11 is 0. The van der Waals surface area contributed by atoms with Crippen molar-refractivity contribution in [3.05, 3.63) is 12.2 Å². The Bertz CT molecular complexity index is 625. The number of hydrogen-bond acceptors (Lipinski definition) is 4. The molecule has 0 spiro atoms. The van der Waals surface area contributed by atoms with Crippen LogP contribution in [0.3, 0.4) is 0 Å². The average molecular weight is 638 g/mol. The van der Waals surface area contributed by atoms with Gasteiger partial charge in [0.2, 0.25) is 5.91 Å². The predicted octanol–water partition coefficient (Wildman–Crippen LogP) is 10.9. The topological polar surface area (TPSA) is 89.8 Å². The van der Waals surface area contributed by atoms with Crippen LogP contribution in [0.25, 0.3) is 0 Å². The quantitative estimate of drug-likeness (QED) is 0.0406. The Kier molecular flexibility index (Phi) is 35.2. The number of unbranched alkanes of at least 4 members (excludes halogenated alkanes) is 27. The Morgan fingerprint density at radius 2 is 0.911 bits per heavy atom. The van der Waals surface area contributed by atoms with Gasteiger partial charge in [0.25, 0.3) is 0 Å². The smallest absolute Gasteiger partial charge is 0.222 e. The van der Waals surface area contributed by atoms with Crippen molar-refractivity contribution in [2.45, 2.75) is 231 Å². The Balaban J connectivity index is 3.68. The molecule has 0 saturated carbocycles. The monoisotopic (exact) mass is 638 g/mol. The first-order chi connectivity index (χ1) is 22.0. The Labute approximate surface area is 280 Å². The zero-order valence-electron chi connectivity index (χ0n) is 30.3. The summed E-state index contributed by atoms with van der Waals surface area (Å²) in [6.07, 6.45) is 40.5. The third-order valence-corrected chi connectivity index (χ3v) is 9.32. The minimum absolute atomic E-state index is 0.0180. The van der Waals surface area contributed by atoms with Crippen molar-refractivity contribution in [2.75, 3.05) is 6.61 Å². The van der Waals surface area contributed by atoms with E-state index in [0.717, 1.165) is 25.7 Å². The molecule has 3 atom stereocenters. The fourth-order valence-electron chi connectivity index (χ4n) is 6.22. The van der Waals surface area contributed by atoms with Gasteiger partial charge >= 0.3 is 0 Å². The number of hydrogen-bond donors (Lipinski definition) is 4. The second kappa shape index (κ2) is 35.9. The molecule has 0 rings (SSSR count). The van der Waals surface area contributed by atoms with Gasteiger partial charge in [0.05, 0.1) is 31.3 Å². The third-order valence-electron chi connectivity index (χ3n) is 9.32. The summed E-state index contributed by atoms with van der Waals surface area (Å²) in [5.74, 6) is -0.314. The summed E-state index contributed by atoms with van der Waals surface area (Å²) in [5.41, 5.74) is 0. The molecule has 0 aromatic carbocycles. The molecule has 0 aliphatic heterocycles. The molecule has 0 aromatic heterocycles. The fraction of sp³-hybridized carbons (Fsp3) is 0.925. The van der Waals surface area contributed by atoms with E-state index in [1.165, 1.54) is 161 Å². The van der Waals surface area contributed by atoms with Crippen molar-refractivity contribution in [2.24, 2.45) is 0 Å². The van der Waals surface area contributed by atoms with E-state index in [9.17, 15) is 20.1 Å². The summed E-state index contributed by atoms with van der Waals surface area (Å²) in [4.78, 5) is 12.4. The number of carbonyl (C=O) groups is 1. The van der Waals surface area contributed by atoms with Crippen LogP contribution >= 0.6 is 0 Å². The normalized spacial score (nSPS) is 13.8. The molecule has 0 heterocycles. The van der Waals surface area contributed by atoms with E-state index in [1.54, 1.807) is 6.08 Å². The van der Waals surface area contributed by atoms with Crippen molar-refractivity contribution in [3.63, 3.8) is 0 Å². The predicted molar refractivity (Wildman–Crippen MR) is 195 cm³/mol. The van der Waals surface area contributed by atoms with E-state index in [1.807, 2.05) is 6.08 Å². The molecule has 5 heteroatoms. The van der Waals surface area contributed by atoms with Crippen molar-refractivity contribution < 1.29 is 20.1 Å². The highest BCUT2D eigenvalue weighted by molar-refractivity contribution is 5.76. The third kappa shape index (κ3) is 32.8. The molecule has 0 bridgehead atoms. The minimum atomic E-state index is -0.923. The van der Waals surface area contributed by atoms with Crippen LogP contribution in [0.4, 0.5) is 0 Å². The first-order valence-corrected chi connectivity index (χ1v) is 20.0. The summed E-state index contributed by atoms with van der Waals surface area (Å²) in [5, 5.41) is 33.1. The lowest BCUT2D eigenvalue weighted by Crippen LogP contribution is -2.45. The van der Waals surface area contributed by atoms with Gasteiger partial charge in [-0.05, 0) is 19.3 Å². The van der Waals surface area contributed by atoms with Crippen molar-refractivity contribution in [3.8, 4) is 0 Å². The molecular formula is C40H79NO4. The Morgan fingerprint density at radius 1 is 0.556 bits per heavy atom. The summed E-state index contributed by atoms with van der Waals surface area (Å²) in [7, 11) is 0. The van der Waals surface area contributed by atoms with Crippen LogP contribution in [0.15, 0.2) is 12.2 Å². The maximum Gasteiger partial charge on any atom is 0.222 e. The molecule has 0 aromatic rings. The highest BCUT2D eigenvalue weighted by Gasteiger charge is 2.20. The van der Waals surface area contributed by atoms with Gasteiger partial charge < -0.3 is 20.6 Å². The van der Waals surface area contributed by atoms with E-state index >= 15 is 0 Å². The van der Waals surface area contributed by atoms with Crippen LogP contribution in [0.5, 0.6) is 0 Å². The molecule has 0 aliphatic carbocycles. The molecule has 0 aliphatic rings. The van der Waals surface area contributed by atoms with E-state index in [0.29, 0.717) is 6.42 Å². The van der Waals surface area contributed by atoms with E-state index in [-0.39, 0.29) is 18.9 Å². The van der Waals surface area contributed by atoms with E-state index in [4.69, 9.17) is 0 Å². The molecule has 0 radical (unpaired) electrons. The molecular weight excluding hydrogens is 558 g/mol. The molecule has 5 nitrogen and oxygen atoms in total. The number of carbonyl (C=O) groups excluding carboxylic acids is 1. The lowest BCUT2D eigenvalue weighted by Gasteiger charge is -2.21. The van der Waals surface area contributed by atoms with Crippen LogP contribution in [0, 0.1) is 0 Å². The molecule has 3 unspecified atom stereocenters. The SMILES string of the molecule is CCCCCCCCCCCCCCCCCC/C=C/C(O)C(CO)NC(=O)CC(O)CCCCCCCCCCCCCC. The van der Waals surface area contributed by atoms with Gasteiger partial charge in [0.15, 0.2) is 0 Å². The summed E-state index contributed by atoms with van der Waals surface area (Å²) in [6, 6.07) is -0.738. The highest BCUT2D eigenvalue weighted by atomic mass is 16.3. The maximum atomic E-state index is 12.4. The highest BCUT2D eigenvalue weighted by Crippen LogP contribution is 2.15.